The van der Waals surface area contributed by atoms with Gasteiger partial charge in [-0.25, -0.2) is 21.6 Å². The van der Waals surface area contributed by atoms with E-state index >= 15 is 0 Å². The summed E-state index contributed by atoms with van der Waals surface area (Å²) < 4.78 is 47.4. The highest BCUT2D eigenvalue weighted by atomic mass is 32.2. The zero-order chi connectivity index (χ0) is 15.4. The predicted molar refractivity (Wildman–Crippen MR) is 74.1 cm³/mol. The van der Waals surface area contributed by atoms with Gasteiger partial charge in [0.05, 0.1) is 16.7 Å². The van der Waals surface area contributed by atoms with Crippen molar-refractivity contribution >= 4 is 25.8 Å². The number of rotatable bonds is 6. The second-order valence-electron chi connectivity index (χ2n) is 4.31. The molecule has 9 heteroatoms. The Morgan fingerprint density at radius 2 is 1.75 bits per heavy atom. The molecular formula is C11H16N2O5S2. The van der Waals surface area contributed by atoms with E-state index in [1.807, 2.05) is 4.72 Å². The summed E-state index contributed by atoms with van der Waals surface area (Å²) in [6.45, 7) is 0. The fourth-order valence-electron chi connectivity index (χ4n) is 1.34. The minimum absolute atomic E-state index is 0.0661. The minimum atomic E-state index is -3.99. The van der Waals surface area contributed by atoms with Gasteiger partial charge in [0.2, 0.25) is 0 Å². The van der Waals surface area contributed by atoms with Crippen molar-refractivity contribution in [2.75, 3.05) is 12.0 Å². The maximum Gasteiger partial charge on any atom is 0.264 e. The third-order valence-corrected chi connectivity index (χ3v) is 4.76. The van der Waals surface area contributed by atoms with E-state index in [4.69, 9.17) is 5.73 Å². The van der Waals surface area contributed by atoms with E-state index in [-0.39, 0.29) is 17.1 Å². The van der Waals surface area contributed by atoms with Crippen LogP contribution < -0.4 is 10.5 Å². The molecule has 1 amide bonds. The molecule has 0 bridgehead atoms. The van der Waals surface area contributed by atoms with Crippen molar-refractivity contribution in [1.82, 2.24) is 4.72 Å². The van der Waals surface area contributed by atoms with Crippen LogP contribution in [0.3, 0.4) is 0 Å². The number of sulfone groups is 1. The summed E-state index contributed by atoms with van der Waals surface area (Å²) in [4.78, 5) is 11.6. The van der Waals surface area contributed by atoms with Crippen LogP contribution in [-0.2, 0) is 24.7 Å². The minimum Gasteiger partial charge on any atom is -0.320 e. The van der Waals surface area contributed by atoms with Gasteiger partial charge in [0.25, 0.3) is 15.9 Å². The van der Waals surface area contributed by atoms with Gasteiger partial charge in [0.1, 0.15) is 9.84 Å². The summed E-state index contributed by atoms with van der Waals surface area (Å²) in [6.07, 6.45) is 0.868. The second-order valence-corrected chi connectivity index (χ2v) is 8.25. The number of sulfonamides is 1. The molecule has 1 aromatic rings. The fourth-order valence-corrected chi connectivity index (χ4v) is 3.07. The molecule has 1 unspecified atom stereocenters. The zero-order valence-electron chi connectivity index (χ0n) is 10.8. The molecule has 1 aromatic carbocycles. The van der Waals surface area contributed by atoms with Crippen LogP contribution >= 0.6 is 0 Å². The lowest BCUT2D eigenvalue weighted by Gasteiger charge is -2.12. The Bertz CT molecular complexity index is 668. The van der Waals surface area contributed by atoms with Gasteiger partial charge in [0.15, 0.2) is 0 Å². The predicted octanol–water partition coefficient (Wildman–Crippen LogP) is -0.746. The summed E-state index contributed by atoms with van der Waals surface area (Å²) >= 11 is 0. The van der Waals surface area contributed by atoms with Gasteiger partial charge >= 0.3 is 0 Å². The van der Waals surface area contributed by atoms with Crippen molar-refractivity contribution in [1.29, 1.82) is 0 Å². The summed E-state index contributed by atoms with van der Waals surface area (Å²) in [6, 6.07) is 6.13. The molecule has 0 spiro atoms. The van der Waals surface area contributed by atoms with Crippen LogP contribution in [0.15, 0.2) is 35.2 Å². The lowest BCUT2D eigenvalue weighted by atomic mass is 10.2. The standard InChI is InChI=1S/C11H16N2O5S2/c1-19(15,16)8-7-10(12)11(14)13-20(17,18)9-5-3-2-4-6-9/h2-6,10H,7-8,12H2,1H3,(H,13,14). The van der Waals surface area contributed by atoms with E-state index < -0.39 is 31.8 Å². The van der Waals surface area contributed by atoms with E-state index in [1.165, 1.54) is 24.3 Å². The summed E-state index contributed by atoms with van der Waals surface area (Å²) in [7, 11) is -7.25. The molecule has 0 aliphatic rings. The average molecular weight is 320 g/mol. The van der Waals surface area contributed by atoms with Crippen LogP contribution in [-0.4, -0.2) is 40.8 Å². The Kier molecular flexibility index (Phi) is 5.26. The Labute approximate surface area is 118 Å². The Balaban J connectivity index is 2.71. The molecule has 1 rings (SSSR count). The van der Waals surface area contributed by atoms with Crippen LogP contribution in [0.4, 0.5) is 0 Å². The normalized spacial score (nSPS) is 13.7. The Morgan fingerprint density at radius 1 is 1.20 bits per heavy atom. The van der Waals surface area contributed by atoms with E-state index in [0.717, 1.165) is 6.26 Å². The van der Waals surface area contributed by atoms with Gasteiger partial charge in [0, 0.05) is 6.26 Å². The van der Waals surface area contributed by atoms with E-state index in [0.29, 0.717) is 0 Å². The van der Waals surface area contributed by atoms with Gasteiger partial charge in [-0.3, -0.25) is 4.79 Å². The van der Waals surface area contributed by atoms with Gasteiger partial charge in [-0.15, -0.1) is 0 Å². The van der Waals surface area contributed by atoms with Crippen molar-refractivity contribution in [3.63, 3.8) is 0 Å². The van der Waals surface area contributed by atoms with Crippen LogP contribution in [0.2, 0.25) is 0 Å². The molecule has 0 aliphatic heterocycles. The first-order valence-corrected chi connectivity index (χ1v) is 9.21. The van der Waals surface area contributed by atoms with Crippen LogP contribution in [0, 0.1) is 0 Å². The first-order chi connectivity index (χ1) is 9.12. The number of nitrogens with two attached hydrogens (primary N) is 1. The Hall–Kier alpha value is -1.45. The number of carbonyl (C=O) groups is 1. The quantitative estimate of drug-likeness (QED) is 0.711. The molecule has 0 radical (unpaired) electrons. The highest BCUT2D eigenvalue weighted by molar-refractivity contribution is 7.90. The maximum absolute atomic E-state index is 11.8. The molecule has 0 fully saturated rings. The fraction of sp³-hybridized carbons (Fsp3) is 0.364. The topological polar surface area (TPSA) is 123 Å². The third-order valence-electron chi connectivity index (χ3n) is 2.42. The first-order valence-electron chi connectivity index (χ1n) is 5.67. The number of amides is 1. The van der Waals surface area contributed by atoms with Crippen molar-refractivity contribution in [3.8, 4) is 0 Å². The summed E-state index contributed by atoms with van der Waals surface area (Å²) in [5, 5.41) is 0. The first kappa shape index (κ1) is 16.6. The van der Waals surface area contributed by atoms with Crippen molar-refractivity contribution < 1.29 is 21.6 Å². The molecule has 0 aliphatic carbocycles. The van der Waals surface area contributed by atoms with E-state index in [2.05, 4.69) is 0 Å². The highest BCUT2D eigenvalue weighted by Crippen LogP contribution is 2.07. The van der Waals surface area contributed by atoms with Crippen molar-refractivity contribution in [2.45, 2.75) is 17.4 Å². The van der Waals surface area contributed by atoms with E-state index in [1.54, 1.807) is 6.07 Å². The van der Waals surface area contributed by atoms with Gasteiger partial charge < -0.3 is 5.73 Å². The number of benzene rings is 1. The highest BCUT2D eigenvalue weighted by Gasteiger charge is 2.22. The maximum atomic E-state index is 11.8. The second kappa shape index (κ2) is 6.33. The molecular weight excluding hydrogens is 304 g/mol. The largest absolute Gasteiger partial charge is 0.320 e. The average Bonchev–Trinajstić information content (AvgIpc) is 2.35. The number of hydrogen-bond donors (Lipinski definition) is 2. The van der Waals surface area contributed by atoms with E-state index in [9.17, 15) is 21.6 Å². The van der Waals surface area contributed by atoms with Gasteiger partial charge in [-0.05, 0) is 18.6 Å². The molecule has 0 saturated heterocycles. The van der Waals surface area contributed by atoms with Crippen molar-refractivity contribution in [3.05, 3.63) is 30.3 Å². The monoisotopic (exact) mass is 320 g/mol. The lowest BCUT2D eigenvalue weighted by Crippen LogP contribution is -2.44. The lowest BCUT2D eigenvalue weighted by molar-refractivity contribution is -0.120. The SMILES string of the molecule is CS(=O)(=O)CCC(N)C(=O)NS(=O)(=O)c1ccccc1. The zero-order valence-corrected chi connectivity index (χ0v) is 12.4. The number of carbonyl (C=O) groups excluding carboxylic acids is 1. The molecule has 0 heterocycles. The molecule has 20 heavy (non-hydrogen) atoms. The molecule has 0 saturated carbocycles. The molecule has 7 nitrogen and oxygen atoms in total. The molecule has 0 aromatic heterocycles. The molecule has 112 valence electrons. The van der Waals surface area contributed by atoms with Crippen LogP contribution in [0.25, 0.3) is 0 Å². The number of hydrogen-bond acceptors (Lipinski definition) is 6. The van der Waals surface area contributed by atoms with Crippen molar-refractivity contribution in [2.24, 2.45) is 5.73 Å². The Morgan fingerprint density at radius 3 is 2.25 bits per heavy atom. The number of nitrogens with one attached hydrogen (secondary N) is 1. The van der Waals surface area contributed by atoms with Gasteiger partial charge in [-0.2, -0.15) is 0 Å². The van der Waals surface area contributed by atoms with Crippen LogP contribution in [0.1, 0.15) is 6.42 Å². The molecule has 1 atom stereocenters. The smallest absolute Gasteiger partial charge is 0.264 e. The third kappa shape index (κ3) is 5.27. The summed E-state index contributed by atoms with van der Waals surface area (Å²) in [5.41, 5.74) is 5.47. The van der Waals surface area contributed by atoms with Crippen LogP contribution in [0.5, 0.6) is 0 Å². The van der Waals surface area contributed by atoms with Gasteiger partial charge in [-0.1, -0.05) is 18.2 Å². The summed E-state index contributed by atoms with van der Waals surface area (Å²) in [5.74, 6) is -1.22. The molecule has 3 N–H and O–H groups in total.